The molecule has 32 heavy (non-hydrogen) atoms. The third-order valence-electron chi connectivity index (χ3n) is 4.93. The van der Waals surface area contributed by atoms with Gasteiger partial charge in [0.05, 0.1) is 18.1 Å². The van der Waals surface area contributed by atoms with Crippen LogP contribution in [0.3, 0.4) is 0 Å². The Labute approximate surface area is 188 Å². The van der Waals surface area contributed by atoms with E-state index in [2.05, 4.69) is 9.71 Å². The van der Waals surface area contributed by atoms with E-state index in [1.54, 1.807) is 38.4 Å². The Morgan fingerprint density at radius 3 is 2.09 bits per heavy atom. The Hall–Kier alpha value is -3.07. The van der Waals surface area contributed by atoms with Crippen molar-refractivity contribution in [2.75, 3.05) is 0 Å². The topological polar surface area (TPSA) is 106 Å². The van der Waals surface area contributed by atoms with Gasteiger partial charge in [0, 0.05) is 12.4 Å². The number of carbonyl (C=O) groups is 1. The maximum absolute atomic E-state index is 12.6. The van der Waals surface area contributed by atoms with Crippen molar-refractivity contribution in [1.29, 1.82) is 0 Å². The molecule has 7 nitrogen and oxygen atoms in total. The summed E-state index contributed by atoms with van der Waals surface area (Å²) < 4.78 is 33.1. The van der Waals surface area contributed by atoms with Crippen LogP contribution >= 0.6 is 0 Å². The third-order valence-corrected chi connectivity index (χ3v) is 6.38. The first-order chi connectivity index (χ1) is 15.3. The zero-order valence-corrected chi connectivity index (χ0v) is 18.7. The van der Waals surface area contributed by atoms with Gasteiger partial charge < -0.3 is 9.84 Å². The molecule has 3 aromatic rings. The number of hydrogen-bond donors (Lipinski definition) is 2. The second-order valence-electron chi connectivity index (χ2n) is 7.76. The number of carboxylic acid groups (broad SMARTS) is 1. The molecular weight excluding hydrogens is 428 g/mol. The average Bonchev–Trinajstić information content (AvgIpc) is 2.78. The summed E-state index contributed by atoms with van der Waals surface area (Å²) in [4.78, 5) is 15.4. The minimum atomic E-state index is -3.94. The molecule has 0 amide bonds. The molecule has 1 aromatic heterocycles. The fourth-order valence-electron chi connectivity index (χ4n) is 3.10. The van der Waals surface area contributed by atoms with Crippen LogP contribution < -0.4 is 4.72 Å². The van der Waals surface area contributed by atoms with Gasteiger partial charge in [0.15, 0.2) is 0 Å². The molecule has 0 bridgehead atoms. The van der Waals surface area contributed by atoms with Crippen molar-refractivity contribution >= 4 is 16.0 Å². The number of pyridine rings is 1. The molecule has 0 aliphatic heterocycles. The van der Waals surface area contributed by atoms with Crippen LogP contribution in [0.2, 0.25) is 0 Å². The highest BCUT2D eigenvalue weighted by Crippen LogP contribution is 2.22. The molecule has 8 heteroatoms. The Bertz CT molecular complexity index is 1130. The minimum Gasteiger partial charge on any atom is -0.480 e. The molecule has 0 unspecified atom stereocenters. The Kier molecular flexibility index (Phi) is 7.74. The van der Waals surface area contributed by atoms with Gasteiger partial charge in [-0.3, -0.25) is 9.78 Å². The lowest BCUT2D eigenvalue weighted by Gasteiger charge is -2.18. The molecule has 3 rings (SSSR count). The maximum Gasteiger partial charge on any atom is 0.322 e. The van der Waals surface area contributed by atoms with Gasteiger partial charge >= 0.3 is 5.97 Å². The number of carboxylic acids is 1. The second kappa shape index (κ2) is 10.5. The van der Waals surface area contributed by atoms with Gasteiger partial charge in [-0.25, -0.2) is 8.42 Å². The number of nitrogens with one attached hydrogen (secondary N) is 1. The first-order valence-electron chi connectivity index (χ1n) is 10.2. The summed E-state index contributed by atoms with van der Waals surface area (Å²) in [6.45, 7) is 4.26. The number of aliphatic carboxylic acids is 1. The predicted octanol–water partition coefficient (Wildman–Crippen LogP) is 3.85. The Morgan fingerprint density at radius 2 is 1.56 bits per heavy atom. The number of sulfonamides is 1. The Morgan fingerprint density at radius 1 is 0.969 bits per heavy atom. The molecule has 0 aliphatic carbocycles. The number of benzene rings is 2. The van der Waals surface area contributed by atoms with Crippen LogP contribution in [0.25, 0.3) is 11.1 Å². The van der Waals surface area contributed by atoms with Gasteiger partial charge in [-0.15, -0.1) is 0 Å². The van der Waals surface area contributed by atoms with Gasteiger partial charge in [-0.1, -0.05) is 56.3 Å². The molecule has 1 atom stereocenters. The highest BCUT2D eigenvalue weighted by atomic mass is 32.2. The smallest absolute Gasteiger partial charge is 0.322 e. The van der Waals surface area contributed by atoms with Crippen LogP contribution in [0.1, 0.15) is 25.0 Å². The van der Waals surface area contributed by atoms with Gasteiger partial charge in [-0.2, -0.15) is 4.72 Å². The lowest BCUT2D eigenvalue weighted by atomic mass is 10.0. The molecule has 0 radical (unpaired) electrons. The maximum atomic E-state index is 12.6. The van der Waals surface area contributed by atoms with Crippen molar-refractivity contribution in [3.05, 3.63) is 84.2 Å². The van der Waals surface area contributed by atoms with E-state index >= 15 is 0 Å². The van der Waals surface area contributed by atoms with E-state index in [9.17, 15) is 18.3 Å². The monoisotopic (exact) mass is 454 g/mol. The molecule has 0 saturated carbocycles. The fourth-order valence-corrected chi connectivity index (χ4v) is 4.43. The number of ether oxygens (including phenoxy) is 1. The normalized spacial score (nSPS) is 12.6. The summed E-state index contributed by atoms with van der Waals surface area (Å²) in [6.07, 6.45) is 3.49. The molecule has 0 aliphatic rings. The third kappa shape index (κ3) is 6.23. The van der Waals surface area contributed by atoms with Crippen molar-refractivity contribution in [3.8, 4) is 11.1 Å². The van der Waals surface area contributed by atoms with E-state index < -0.39 is 22.0 Å². The zero-order chi connectivity index (χ0) is 23.1. The van der Waals surface area contributed by atoms with Crippen molar-refractivity contribution in [3.63, 3.8) is 0 Å². The molecule has 0 spiro atoms. The zero-order valence-electron chi connectivity index (χ0n) is 17.9. The second-order valence-corrected chi connectivity index (χ2v) is 9.47. The van der Waals surface area contributed by atoms with Crippen LogP contribution in [0, 0.1) is 5.92 Å². The van der Waals surface area contributed by atoms with Crippen LogP contribution in [-0.4, -0.2) is 30.5 Å². The first-order valence-corrected chi connectivity index (χ1v) is 11.7. The van der Waals surface area contributed by atoms with Crippen molar-refractivity contribution in [2.24, 2.45) is 5.92 Å². The quantitative estimate of drug-likeness (QED) is 0.482. The average molecular weight is 455 g/mol. The largest absolute Gasteiger partial charge is 0.480 e. The Balaban J connectivity index is 1.63. The summed E-state index contributed by atoms with van der Waals surface area (Å²) in [5.74, 6) is -1.59. The van der Waals surface area contributed by atoms with Crippen LogP contribution in [0.4, 0.5) is 0 Å². The lowest BCUT2D eigenvalue weighted by molar-refractivity contribution is -0.140. The predicted molar refractivity (Wildman–Crippen MR) is 121 cm³/mol. The number of nitrogens with zero attached hydrogens (tertiary/aromatic N) is 1. The first kappa shape index (κ1) is 23.6. The standard InChI is InChI=1S/C24H26N2O5S/c1-17(2)23(24(27)28)26-32(29,30)22-11-9-21(10-12-22)20-7-5-18(6-8-20)15-31-16-19-4-3-13-25-14-19/h3-14,17,23,26H,15-16H2,1-2H3,(H,27,28)/t23-/m1/s1. The van der Waals surface area contributed by atoms with Crippen LogP contribution in [-0.2, 0) is 32.8 Å². The lowest BCUT2D eigenvalue weighted by Crippen LogP contribution is -2.44. The summed E-state index contributed by atoms with van der Waals surface area (Å²) in [7, 11) is -3.94. The molecule has 0 fully saturated rings. The number of aromatic nitrogens is 1. The molecule has 2 aromatic carbocycles. The van der Waals surface area contributed by atoms with Crippen molar-refractivity contribution < 1.29 is 23.1 Å². The van der Waals surface area contributed by atoms with E-state index in [1.807, 2.05) is 36.4 Å². The van der Waals surface area contributed by atoms with E-state index in [4.69, 9.17) is 4.74 Å². The van der Waals surface area contributed by atoms with Crippen LogP contribution in [0.15, 0.2) is 78.0 Å². The molecule has 0 saturated heterocycles. The number of rotatable bonds is 10. The van der Waals surface area contributed by atoms with Gasteiger partial charge in [0.1, 0.15) is 6.04 Å². The van der Waals surface area contributed by atoms with Crippen LogP contribution in [0.5, 0.6) is 0 Å². The molecular formula is C24H26N2O5S. The van der Waals surface area contributed by atoms with E-state index in [0.29, 0.717) is 13.2 Å². The molecule has 2 N–H and O–H groups in total. The van der Waals surface area contributed by atoms with E-state index in [-0.39, 0.29) is 10.8 Å². The summed E-state index contributed by atoms with van der Waals surface area (Å²) in [6, 6.07) is 16.8. The van der Waals surface area contributed by atoms with E-state index in [0.717, 1.165) is 22.3 Å². The van der Waals surface area contributed by atoms with Gasteiger partial charge in [0.2, 0.25) is 10.0 Å². The highest BCUT2D eigenvalue weighted by molar-refractivity contribution is 7.89. The van der Waals surface area contributed by atoms with Gasteiger partial charge in [0.25, 0.3) is 0 Å². The van der Waals surface area contributed by atoms with E-state index in [1.165, 1.54) is 12.1 Å². The summed E-state index contributed by atoms with van der Waals surface area (Å²) in [5, 5.41) is 9.24. The number of hydrogen-bond acceptors (Lipinski definition) is 5. The van der Waals surface area contributed by atoms with Gasteiger partial charge in [-0.05, 0) is 46.4 Å². The highest BCUT2D eigenvalue weighted by Gasteiger charge is 2.27. The summed E-state index contributed by atoms with van der Waals surface area (Å²) in [5.41, 5.74) is 3.82. The van der Waals surface area contributed by atoms with Crippen molar-refractivity contribution in [2.45, 2.75) is 38.0 Å². The van der Waals surface area contributed by atoms with Crippen molar-refractivity contribution in [1.82, 2.24) is 9.71 Å². The molecule has 1 heterocycles. The minimum absolute atomic E-state index is 0.0218. The fraction of sp³-hybridized carbons (Fsp3) is 0.250. The SMILES string of the molecule is CC(C)[C@@H](NS(=O)(=O)c1ccc(-c2ccc(COCc3cccnc3)cc2)cc1)C(=O)O. The molecule has 168 valence electrons. The summed E-state index contributed by atoms with van der Waals surface area (Å²) >= 11 is 0.